The van der Waals surface area contributed by atoms with Gasteiger partial charge in [-0.15, -0.1) is 0 Å². The second-order valence-corrected chi connectivity index (χ2v) is 2.81. The predicted molar refractivity (Wildman–Crippen MR) is 53.9 cm³/mol. The molecule has 0 spiro atoms. The summed E-state index contributed by atoms with van der Waals surface area (Å²) in [6.07, 6.45) is 7.97. The molecule has 0 aliphatic carbocycles. The van der Waals surface area contributed by atoms with Crippen LogP contribution in [-0.2, 0) is 0 Å². The van der Waals surface area contributed by atoms with Gasteiger partial charge in [-0.3, -0.25) is 0 Å². The van der Waals surface area contributed by atoms with Gasteiger partial charge in [0.05, 0.1) is 0 Å². The lowest BCUT2D eigenvalue weighted by atomic mass is 9.60. The van der Waals surface area contributed by atoms with Crippen molar-refractivity contribution >= 4 is 7.28 Å². The van der Waals surface area contributed by atoms with E-state index in [1.54, 1.807) is 0 Å². The fourth-order valence-corrected chi connectivity index (χ4v) is 0.784. The monoisotopic (exact) mass is 147 g/mol. The molecule has 0 bridgehead atoms. The molecule has 0 aliphatic heterocycles. The van der Waals surface area contributed by atoms with E-state index in [0.717, 1.165) is 0 Å². The van der Waals surface area contributed by atoms with Gasteiger partial charge in [0.2, 0.25) is 0 Å². The Hall–Kier alpha value is -0.715. The van der Waals surface area contributed by atoms with Gasteiger partial charge in [-0.2, -0.15) is 0 Å². The van der Waals surface area contributed by atoms with E-state index < -0.39 is 0 Å². The van der Waals surface area contributed by atoms with Crippen LogP contribution < -0.4 is 0 Å². The molecule has 0 unspecified atom stereocenters. The Kier molecular flexibility index (Phi) is 5.63. The summed E-state index contributed by atoms with van der Waals surface area (Å²) in [4.78, 5) is 0. The van der Waals surface area contributed by atoms with Crippen molar-refractivity contribution in [1.82, 2.24) is 0 Å². The molecular formula is C10H16B. The van der Waals surface area contributed by atoms with Crippen LogP contribution in [0.5, 0.6) is 0 Å². The van der Waals surface area contributed by atoms with E-state index in [1.807, 2.05) is 25.2 Å². The van der Waals surface area contributed by atoms with Crippen LogP contribution in [0.1, 0.15) is 20.8 Å². The van der Waals surface area contributed by atoms with Crippen molar-refractivity contribution in [3.8, 4) is 0 Å². The van der Waals surface area contributed by atoms with Crippen LogP contribution in [0.25, 0.3) is 0 Å². The summed E-state index contributed by atoms with van der Waals surface area (Å²) < 4.78 is 0. The summed E-state index contributed by atoms with van der Waals surface area (Å²) in [7, 11) is 2.19. The molecule has 0 saturated carbocycles. The number of rotatable bonds is 4. The van der Waals surface area contributed by atoms with Crippen molar-refractivity contribution in [2.24, 2.45) is 0 Å². The van der Waals surface area contributed by atoms with Gasteiger partial charge in [-0.1, -0.05) is 56.0 Å². The summed E-state index contributed by atoms with van der Waals surface area (Å²) in [5, 5.41) is 0. The highest BCUT2D eigenvalue weighted by Gasteiger charge is 1.97. The molecule has 0 saturated heterocycles. The Labute approximate surface area is 70.9 Å². The number of allylic oxidation sites excluding steroid dienone is 5. The molecule has 0 heterocycles. The normalized spacial score (nSPS) is 12.5. The van der Waals surface area contributed by atoms with Gasteiger partial charge < -0.3 is 0 Å². The van der Waals surface area contributed by atoms with Gasteiger partial charge in [0, 0.05) is 0 Å². The first-order valence-corrected chi connectivity index (χ1v) is 4.01. The number of hydrogen-bond donors (Lipinski definition) is 0. The van der Waals surface area contributed by atoms with Gasteiger partial charge in [0.1, 0.15) is 0 Å². The molecule has 0 atom stereocenters. The highest BCUT2D eigenvalue weighted by Crippen LogP contribution is 2.05. The first kappa shape index (κ1) is 10.3. The SMILES string of the molecule is C=C/C([B]C(C)C)=C\C=C/C. The van der Waals surface area contributed by atoms with E-state index in [1.165, 1.54) is 5.47 Å². The lowest BCUT2D eigenvalue weighted by Crippen LogP contribution is -1.97. The Morgan fingerprint density at radius 1 is 1.45 bits per heavy atom. The molecule has 0 rings (SSSR count). The summed E-state index contributed by atoms with van der Waals surface area (Å²) in [5.41, 5.74) is 1.19. The fourth-order valence-electron chi connectivity index (χ4n) is 0.784. The first-order chi connectivity index (χ1) is 5.20. The lowest BCUT2D eigenvalue weighted by Gasteiger charge is -2.01. The van der Waals surface area contributed by atoms with E-state index in [2.05, 4.69) is 33.8 Å². The Morgan fingerprint density at radius 3 is 2.45 bits per heavy atom. The maximum atomic E-state index is 3.73. The summed E-state index contributed by atoms with van der Waals surface area (Å²) in [5.74, 6) is 0.588. The standard InChI is InChI=1S/C10H16B/c1-5-7-8-10(6-2)11-9(3)4/h5-9H,2H2,1,3-4H3/b7-5-,10-8+. The maximum Gasteiger partial charge on any atom is 0.154 e. The topological polar surface area (TPSA) is 0 Å². The van der Waals surface area contributed by atoms with Crippen molar-refractivity contribution in [3.05, 3.63) is 36.4 Å². The third kappa shape index (κ3) is 5.72. The highest BCUT2D eigenvalue weighted by atomic mass is 13.8. The van der Waals surface area contributed by atoms with E-state index in [0.29, 0.717) is 5.82 Å². The third-order valence-corrected chi connectivity index (χ3v) is 1.24. The molecule has 0 N–H and O–H groups in total. The van der Waals surface area contributed by atoms with Crippen LogP contribution in [-0.4, -0.2) is 7.28 Å². The smallest absolute Gasteiger partial charge is 0.0996 e. The molecule has 11 heavy (non-hydrogen) atoms. The summed E-state index contributed by atoms with van der Waals surface area (Å²) in [6, 6.07) is 0. The third-order valence-electron chi connectivity index (χ3n) is 1.24. The van der Waals surface area contributed by atoms with Crippen molar-refractivity contribution in [2.45, 2.75) is 26.6 Å². The van der Waals surface area contributed by atoms with Gasteiger partial charge in [0.15, 0.2) is 7.28 Å². The van der Waals surface area contributed by atoms with Crippen molar-refractivity contribution in [1.29, 1.82) is 0 Å². The van der Waals surface area contributed by atoms with Gasteiger partial charge in [-0.05, 0) is 6.92 Å². The molecule has 1 heteroatoms. The minimum Gasteiger partial charge on any atom is -0.0996 e. The zero-order valence-electron chi connectivity index (χ0n) is 7.67. The molecule has 0 aromatic carbocycles. The van der Waals surface area contributed by atoms with Crippen LogP contribution >= 0.6 is 0 Å². The Bertz CT molecular complexity index is 164. The average molecular weight is 147 g/mol. The zero-order chi connectivity index (χ0) is 8.69. The number of hydrogen-bond acceptors (Lipinski definition) is 0. The highest BCUT2D eigenvalue weighted by molar-refractivity contribution is 6.48. The van der Waals surface area contributed by atoms with Gasteiger partial charge >= 0.3 is 0 Å². The minimum absolute atomic E-state index is 0.588. The lowest BCUT2D eigenvalue weighted by molar-refractivity contribution is 1.06. The van der Waals surface area contributed by atoms with Crippen molar-refractivity contribution in [3.63, 3.8) is 0 Å². The molecule has 1 radical (unpaired) electrons. The van der Waals surface area contributed by atoms with E-state index in [9.17, 15) is 0 Å². The zero-order valence-corrected chi connectivity index (χ0v) is 7.67. The van der Waals surface area contributed by atoms with Crippen LogP contribution in [0.3, 0.4) is 0 Å². The van der Waals surface area contributed by atoms with Crippen LogP contribution in [0.4, 0.5) is 0 Å². The molecule has 0 nitrogen and oxygen atoms in total. The second kappa shape index (κ2) is 6.02. The molecule has 0 aromatic heterocycles. The van der Waals surface area contributed by atoms with Crippen LogP contribution in [0.15, 0.2) is 36.4 Å². The largest absolute Gasteiger partial charge is 0.154 e. The molecule has 0 fully saturated rings. The van der Waals surface area contributed by atoms with Gasteiger partial charge in [0.25, 0.3) is 0 Å². The molecule has 0 amide bonds. The minimum atomic E-state index is 0.588. The van der Waals surface area contributed by atoms with E-state index >= 15 is 0 Å². The molecular weight excluding hydrogens is 131 g/mol. The van der Waals surface area contributed by atoms with E-state index in [4.69, 9.17) is 0 Å². The Morgan fingerprint density at radius 2 is 2.09 bits per heavy atom. The molecule has 0 aliphatic rings. The van der Waals surface area contributed by atoms with Crippen LogP contribution in [0, 0.1) is 0 Å². The average Bonchev–Trinajstić information content (AvgIpc) is 1.97. The second-order valence-electron chi connectivity index (χ2n) is 2.81. The van der Waals surface area contributed by atoms with Crippen molar-refractivity contribution < 1.29 is 0 Å². The molecule has 0 aromatic rings. The van der Waals surface area contributed by atoms with Crippen molar-refractivity contribution in [2.75, 3.05) is 0 Å². The van der Waals surface area contributed by atoms with Crippen LogP contribution in [0.2, 0.25) is 5.82 Å². The summed E-state index contributed by atoms with van der Waals surface area (Å²) in [6.45, 7) is 10.1. The van der Waals surface area contributed by atoms with Gasteiger partial charge in [-0.25, -0.2) is 0 Å². The predicted octanol–water partition coefficient (Wildman–Crippen LogP) is 3.16. The summed E-state index contributed by atoms with van der Waals surface area (Å²) >= 11 is 0. The van der Waals surface area contributed by atoms with E-state index in [-0.39, 0.29) is 0 Å². The quantitative estimate of drug-likeness (QED) is 0.423. The first-order valence-electron chi connectivity index (χ1n) is 4.01. The fraction of sp³-hybridized carbons (Fsp3) is 0.400. The maximum absolute atomic E-state index is 3.73. The Balaban J connectivity index is 4.04. The molecule has 59 valence electrons.